The van der Waals surface area contributed by atoms with Crippen LogP contribution in [0, 0.1) is 0 Å². The van der Waals surface area contributed by atoms with Crippen molar-refractivity contribution < 1.29 is 4.74 Å². The average molecular weight is 284 g/mol. The lowest BCUT2D eigenvalue weighted by atomic mass is 10.0. The van der Waals surface area contributed by atoms with E-state index in [4.69, 9.17) is 10.5 Å². The maximum atomic E-state index is 6.03. The minimum Gasteiger partial charge on any atom is -0.496 e. The van der Waals surface area contributed by atoms with Crippen molar-refractivity contribution in [3.8, 4) is 5.75 Å². The Bertz CT molecular complexity index is 566. The summed E-state index contributed by atoms with van der Waals surface area (Å²) < 4.78 is 5.47. The van der Waals surface area contributed by atoms with E-state index < -0.39 is 0 Å². The molecule has 0 aromatic heterocycles. The molecule has 0 radical (unpaired) electrons. The summed E-state index contributed by atoms with van der Waals surface area (Å²) in [5, 5.41) is 0. The molecule has 0 fully saturated rings. The Balaban J connectivity index is 2.31. The Morgan fingerprint density at radius 3 is 2.33 bits per heavy atom. The van der Waals surface area contributed by atoms with Crippen molar-refractivity contribution in [2.75, 3.05) is 25.6 Å². The molecule has 1 unspecified atom stereocenters. The SMILES string of the molecule is CCc1ccc(N(C)C(CN)c2ccccc2OC)cc1. The lowest BCUT2D eigenvalue weighted by Gasteiger charge is -2.30. The fourth-order valence-electron chi connectivity index (χ4n) is 2.58. The Kier molecular flexibility index (Phi) is 5.23. The second kappa shape index (κ2) is 7.14. The van der Waals surface area contributed by atoms with Gasteiger partial charge in [0.15, 0.2) is 0 Å². The number of hydrogen-bond acceptors (Lipinski definition) is 3. The van der Waals surface area contributed by atoms with Crippen molar-refractivity contribution >= 4 is 5.69 Å². The normalized spacial score (nSPS) is 12.0. The quantitative estimate of drug-likeness (QED) is 0.883. The first-order valence-corrected chi connectivity index (χ1v) is 7.36. The van der Waals surface area contributed by atoms with Crippen LogP contribution < -0.4 is 15.4 Å². The molecule has 0 aliphatic rings. The zero-order valence-corrected chi connectivity index (χ0v) is 13.0. The van der Waals surface area contributed by atoms with Gasteiger partial charge in [0.2, 0.25) is 0 Å². The first-order valence-electron chi connectivity index (χ1n) is 7.36. The van der Waals surface area contributed by atoms with Crippen LogP contribution in [0.2, 0.25) is 0 Å². The smallest absolute Gasteiger partial charge is 0.124 e. The molecule has 1 atom stereocenters. The predicted octanol–water partition coefficient (Wildman–Crippen LogP) is 3.39. The molecule has 0 aliphatic carbocycles. The lowest BCUT2D eigenvalue weighted by molar-refractivity contribution is 0.405. The number of ether oxygens (including phenoxy) is 1. The van der Waals surface area contributed by atoms with Gasteiger partial charge in [0.05, 0.1) is 13.2 Å². The Morgan fingerprint density at radius 1 is 1.10 bits per heavy atom. The Hall–Kier alpha value is -2.00. The Labute approximate surface area is 127 Å². The molecule has 0 heterocycles. The summed E-state index contributed by atoms with van der Waals surface area (Å²) in [6, 6.07) is 16.8. The highest BCUT2D eigenvalue weighted by molar-refractivity contribution is 5.51. The summed E-state index contributed by atoms with van der Waals surface area (Å²) in [5.74, 6) is 0.880. The van der Waals surface area contributed by atoms with Crippen LogP contribution in [0.15, 0.2) is 48.5 Å². The van der Waals surface area contributed by atoms with Gasteiger partial charge >= 0.3 is 0 Å². The minimum absolute atomic E-state index is 0.0913. The zero-order valence-electron chi connectivity index (χ0n) is 13.0. The number of likely N-dealkylation sites (N-methyl/N-ethyl adjacent to an activating group) is 1. The molecule has 112 valence electrons. The summed E-state index contributed by atoms with van der Waals surface area (Å²) in [4.78, 5) is 2.21. The van der Waals surface area contributed by atoms with E-state index >= 15 is 0 Å². The lowest BCUT2D eigenvalue weighted by Crippen LogP contribution is -2.30. The largest absolute Gasteiger partial charge is 0.496 e. The van der Waals surface area contributed by atoms with E-state index in [0.717, 1.165) is 23.4 Å². The standard InChI is InChI=1S/C18H24N2O/c1-4-14-9-11-15(12-10-14)20(2)17(13-19)16-7-5-6-8-18(16)21-3/h5-12,17H,4,13,19H2,1-3H3. The monoisotopic (exact) mass is 284 g/mol. The molecule has 0 bridgehead atoms. The molecule has 2 N–H and O–H groups in total. The van der Waals surface area contributed by atoms with Gasteiger partial charge in [0.25, 0.3) is 0 Å². The average Bonchev–Trinajstić information content (AvgIpc) is 2.56. The molecule has 21 heavy (non-hydrogen) atoms. The van der Waals surface area contributed by atoms with Gasteiger partial charge in [-0.3, -0.25) is 0 Å². The molecule has 0 spiro atoms. The number of nitrogens with two attached hydrogens (primary N) is 1. The number of rotatable bonds is 6. The van der Waals surface area contributed by atoms with Gasteiger partial charge in [-0.2, -0.15) is 0 Å². The van der Waals surface area contributed by atoms with Crippen LogP contribution in [-0.4, -0.2) is 20.7 Å². The van der Waals surface area contributed by atoms with E-state index in [0.29, 0.717) is 6.54 Å². The van der Waals surface area contributed by atoms with E-state index in [2.05, 4.69) is 49.2 Å². The molecule has 3 heteroatoms. The van der Waals surface area contributed by atoms with Crippen molar-refractivity contribution in [2.45, 2.75) is 19.4 Å². The van der Waals surface area contributed by atoms with Crippen molar-refractivity contribution in [3.05, 3.63) is 59.7 Å². The number of methoxy groups -OCH3 is 1. The first-order chi connectivity index (χ1) is 10.2. The highest BCUT2D eigenvalue weighted by atomic mass is 16.5. The van der Waals surface area contributed by atoms with Gasteiger partial charge < -0.3 is 15.4 Å². The number of aryl methyl sites for hydroxylation is 1. The predicted molar refractivity (Wildman–Crippen MR) is 89.0 cm³/mol. The van der Waals surface area contributed by atoms with Gasteiger partial charge in [-0.1, -0.05) is 37.3 Å². The number of para-hydroxylation sites is 1. The molecular weight excluding hydrogens is 260 g/mol. The van der Waals surface area contributed by atoms with Crippen LogP contribution in [0.25, 0.3) is 0 Å². The van der Waals surface area contributed by atoms with Gasteiger partial charge in [-0.05, 0) is 30.2 Å². The van der Waals surface area contributed by atoms with Crippen LogP contribution in [0.3, 0.4) is 0 Å². The summed E-state index contributed by atoms with van der Waals surface area (Å²) in [6.07, 6.45) is 1.05. The molecule has 2 rings (SSSR count). The van der Waals surface area contributed by atoms with Crippen molar-refractivity contribution in [1.82, 2.24) is 0 Å². The number of benzene rings is 2. The van der Waals surface area contributed by atoms with Crippen LogP contribution >= 0.6 is 0 Å². The third-order valence-corrected chi connectivity index (χ3v) is 3.94. The van der Waals surface area contributed by atoms with Crippen LogP contribution in [0.1, 0.15) is 24.1 Å². The minimum atomic E-state index is 0.0913. The first kappa shape index (κ1) is 15.4. The van der Waals surface area contributed by atoms with Gasteiger partial charge in [-0.25, -0.2) is 0 Å². The number of anilines is 1. The molecule has 0 amide bonds. The van der Waals surface area contributed by atoms with Crippen LogP contribution in [0.5, 0.6) is 5.75 Å². The molecule has 2 aromatic carbocycles. The van der Waals surface area contributed by atoms with E-state index in [-0.39, 0.29) is 6.04 Å². The highest BCUT2D eigenvalue weighted by Gasteiger charge is 2.19. The van der Waals surface area contributed by atoms with Crippen molar-refractivity contribution in [1.29, 1.82) is 0 Å². The molecular formula is C18H24N2O. The van der Waals surface area contributed by atoms with E-state index in [1.165, 1.54) is 5.56 Å². The maximum Gasteiger partial charge on any atom is 0.124 e. The van der Waals surface area contributed by atoms with E-state index in [1.54, 1.807) is 7.11 Å². The summed E-state index contributed by atoms with van der Waals surface area (Å²) in [5.41, 5.74) is 9.64. The van der Waals surface area contributed by atoms with Crippen LogP contribution in [0.4, 0.5) is 5.69 Å². The van der Waals surface area contributed by atoms with E-state index in [1.807, 2.05) is 18.2 Å². The summed E-state index contributed by atoms with van der Waals surface area (Å²) >= 11 is 0. The second-order valence-electron chi connectivity index (χ2n) is 5.12. The highest BCUT2D eigenvalue weighted by Crippen LogP contribution is 2.31. The molecule has 0 aliphatic heterocycles. The molecule has 0 saturated heterocycles. The van der Waals surface area contributed by atoms with Crippen LogP contribution in [-0.2, 0) is 6.42 Å². The Morgan fingerprint density at radius 2 is 1.76 bits per heavy atom. The van der Waals surface area contributed by atoms with Gasteiger partial charge in [0, 0.05) is 24.8 Å². The zero-order chi connectivity index (χ0) is 15.2. The molecule has 2 aromatic rings. The topological polar surface area (TPSA) is 38.5 Å². The third kappa shape index (κ3) is 3.37. The summed E-state index contributed by atoms with van der Waals surface area (Å²) in [6.45, 7) is 2.70. The second-order valence-corrected chi connectivity index (χ2v) is 5.12. The van der Waals surface area contributed by atoms with Crippen molar-refractivity contribution in [3.63, 3.8) is 0 Å². The number of nitrogens with zero attached hydrogens (tertiary/aromatic N) is 1. The van der Waals surface area contributed by atoms with Gasteiger partial charge in [-0.15, -0.1) is 0 Å². The molecule has 0 saturated carbocycles. The third-order valence-electron chi connectivity index (χ3n) is 3.94. The fourth-order valence-corrected chi connectivity index (χ4v) is 2.58. The number of hydrogen-bond donors (Lipinski definition) is 1. The molecule has 3 nitrogen and oxygen atoms in total. The van der Waals surface area contributed by atoms with Crippen molar-refractivity contribution in [2.24, 2.45) is 5.73 Å². The summed E-state index contributed by atoms with van der Waals surface area (Å²) in [7, 11) is 3.77. The maximum absolute atomic E-state index is 6.03. The fraction of sp³-hybridized carbons (Fsp3) is 0.333. The van der Waals surface area contributed by atoms with E-state index in [9.17, 15) is 0 Å². The van der Waals surface area contributed by atoms with Gasteiger partial charge in [0.1, 0.15) is 5.75 Å².